The molecule has 5 nitrogen and oxygen atoms in total. The zero-order chi connectivity index (χ0) is 16.2. The standard InChI is InChI=1S/C17H22N2O3/c1-12(2)22-14-6-7-15(13(10-14)11-18)19-16(20)17(21-3)8-4-5-9-17/h6-7,10,12H,4-5,8-9H2,1-3H3,(H,19,20). The largest absolute Gasteiger partial charge is 0.491 e. The van der Waals surface area contributed by atoms with Gasteiger partial charge in [0.05, 0.1) is 17.4 Å². The Morgan fingerprint density at radius 2 is 2.05 bits per heavy atom. The second-order valence-corrected chi connectivity index (χ2v) is 5.85. The van der Waals surface area contributed by atoms with Gasteiger partial charge >= 0.3 is 0 Å². The predicted molar refractivity (Wildman–Crippen MR) is 83.8 cm³/mol. The van der Waals surface area contributed by atoms with E-state index in [9.17, 15) is 10.1 Å². The first-order valence-corrected chi connectivity index (χ1v) is 7.58. The molecule has 1 aliphatic rings. The summed E-state index contributed by atoms with van der Waals surface area (Å²) in [4.78, 5) is 12.5. The first-order chi connectivity index (χ1) is 10.5. The summed E-state index contributed by atoms with van der Waals surface area (Å²) >= 11 is 0. The summed E-state index contributed by atoms with van der Waals surface area (Å²) in [5.74, 6) is 0.438. The Labute approximate surface area is 131 Å². The minimum absolute atomic E-state index is 0.0298. The van der Waals surface area contributed by atoms with Gasteiger partial charge in [-0.25, -0.2) is 0 Å². The van der Waals surface area contributed by atoms with Gasteiger partial charge < -0.3 is 14.8 Å². The second kappa shape index (κ2) is 6.80. The molecule has 1 aromatic rings. The second-order valence-electron chi connectivity index (χ2n) is 5.85. The van der Waals surface area contributed by atoms with Crippen LogP contribution in [0, 0.1) is 11.3 Å². The number of nitriles is 1. The summed E-state index contributed by atoms with van der Waals surface area (Å²) in [7, 11) is 1.57. The summed E-state index contributed by atoms with van der Waals surface area (Å²) in [5, 5.41) is 12.1. The van der Waals surface area contributed by atoms with E-state index in [2.05, 4.69) is 11.4 Å². The summed E-state index contributed by atoms with van der Waals surface area (Å²) in [5.41, 5.74) is 0.113. The molecule has 118 valence electrons. The Morgan fingerprint density at radius 1 is 1.36 bits per heavy atom. The van der Waals surface area contributed by atoms with Crippen LogP contribution >= 0.6 is 0 Å². The average Bonchev–Trinajstić information content (AvgIpc) is 2.98. The normalized spacial score (nSPS) is 16.3. The van der Waals surface area contributed by atoms with Crippen molar-refractivity contribution in [2.45, 2.75) is 51.2 Å². The first-order valence-electron chi connectivity index (χ1n) is 7.58. The van der Waals surface area contributed by atoms with Crippen LogP contribution in [0.25, 0.3) is 0 Å². The average molecular weight is 302 g/mol. The molecule has 1 fully saturated rings. The van der Waals surface area contributed by atoms with Gasteiger partial charge in [-0.3, -0.25) is 4.79 Å². The van der Waals surface area contributed by atoms with E-state index in [-0.39, 0.29) is 12.0 Å². The highest BCUT2D eigenvalue weighted by atomic mass is 16.5. The molecule has 5 heteroatoms. The van der Waals surface area contributed by atoms with E-state index in [1.54, 1.807) is 25.3 Å². The molecule has 0 aliphatic heterocycles. The third-order valence-corrected chi connectivity index (χ3v) is 3.95. The molecule has 2 rings (SSSR count). The fourth-order valence-electron chi connectivity index (χ4n) is 2.78. The van der Waals surface area contributed by atoms with Crippen LogP contribution < -0.4 is 10.1 Å². The van der Waals surface area contributed by atoms with Crippen LogP contribution in [0.2, 0.25) is 0 Å². The molecule has 1 saturated carbocycles. The van der Waals surface area contributed by atoms with E-state index in [1.807, 2.05) is 13.8 Å². The summed E-state index contributed by atoms with van der Waals surface area (Å²) in [6, 6.07) is 7.20. The van der Waals surface area contributed by atoms with Crippen LogP contribution in [-0.4, -0.2) is 24.7 Å². The molecule has 0 bridgehead atoms. The quantitative estimate of drug-likeness (QED) is 0.906. The highest BCUT2D eigenvalue weighted by Gasteiger charge is 2.41. The van der Waals surface area contributed by atoms with Crippen LogP contribution in [0.4, 0.5) is 5.69 Å². The maximum Gasteiger partial charge on any atom is 0.256 e. The van der Waals surface area contributed by atoms with Crippen LogP contribution in [0.15, 0.2) is 18.2 Å². The van der Waals surface area contributed by atoms with Crippen molar-refractivity contribution in [1.82, 2.24) is 0 Å². The number of amides is 1. The SMILES string of the molecule is COC1(C(=O)Nc2ccc(OC(C)C)cc2C#N)CCCC1. The lowest BCUT2D eigenvalue weighted by atomic mass is 10.0. The molecule has 1 aliphatic carbocycles. The van der Waals surface area contributed by atoms with E-state index in [4.69, 9.17) is 9.47 Å². The van der Waals surface area contributed by atoms with Crippen LogP contribution in [0.3, 0.4) is 0 Å². The van der Waals surface area contributed by atoms with Crippen LogP contribution in [0.1, 0.15) is 45.1 Å². The molecule has 0 atom stereocenters. The number of hydrogen-bond acceptors (Lipinski definition) is 4. The minimum atomic E-state index is -0.764. The topological polar surface area (TPSA) is 71.3 Å². The van der Waals surface area contributed by atoms with Gasteiger partial charge in [0, 0.05) is 13.2 Å². The zero-order valence-electron chi connectivity index (χ0n) is 13.3. The Kier molecular flexibility index (Phi) is 5.04. The summed E-state index contributed by atoms with van der Waals surface area (Å²) < 4.78 is 11.0. The molecule has 22 heavy (non-hydrogen) atoms. The molecule has 0 aromatic heterocycles. The fourth-order valence-corrected chi connectivity index (χ4v) is 2.78. The van der Waals surface area contributed by atoms with Crippen molar-refractivity contribution in [3.8, 4) is 11.8 Å². The van der Waals surface area contributed by atoms with Gasteiger partial charge in [0.1, 0.15) is 17.4 Å². The number of carbonyl (C=O) groups is 1. The third-order valence-electron chi connectivity index (χ3n) is 3.95. The Balaban J connectivity index is 2.19. The molecule has 1 aromatic carbocycles. The van der Waals surface area contributed by atoms with E-state index in [0.717, 1.165) is 12.8 Å². The zero-order valence-corrected chi connectivity index (χ0v) is 13.3. The van der Waals surface area contributed by atoms with Crippen molar-refractivity contribution >= 4 is 11.6 Å². The maximum absolute atomic E-state index is 12.5. The monoisotopic (exact) mass is 302 g/mol. The fraction of sp³-hybridized carbons (Fsp3) is 0.529. The predicted octanol–water partition coefficient (Wildman–Crippen LogP) is 3.24. The van der Waals surface area contributed by atoms with Crippen molar-refractivity contribution < 1.29 is 14.3 Å². The van der Waals surface area contributed by atoms with Crippen molar-refractivity contribution in [2.24, 2.45) is 0 Å². The van der Waals surface area contributed by atoms with Gasteiger partial charge in [0.15, 0.2) is 0 Å². The Hall–Kier alpha value is -2.06. The van der Waals surface area contributed by atoms with Gasteiger partial charge in [0.2, 0.25) is 0 Å². The number of carbonyl (C=O) groups excluding carboxylic acids is 1. The number of nitrogens with zero attached hydrogens (tertiary/aromatic N) is 1. The van der Waals surface area contributed by atoms with Crippen molar-refractivity contribution in [3.63, 3.8) is 0 Å². The third kappa shape index (κ3) is 3.40. The van der Waals surface area contributed by atoms with Crippen LogP contribution in [-0.2, 0) is 9.53 Å². The number of rotatable bonds is 5. The molecule has 1 amide bonds. The number of hydrogen-bond donors (Lipinski definition) is 1. The van der Waals surface area contributed by atoms with Gasteiger partial charge in [-0.05, 0) is 51.7 Å². The molecule has 0 radical (unpaired) electrons. The highest BCUT2D eigenvalue weighted by molar-refractivity contribution is 5.98. The van der Waals surface area contributed by atoms with Gasteiger partial charge in [-0.15, -0.1) is 0 Å². The van der Waals surface area contributed by atoms with Crippen molar-refractivity contribution in [2.75, 3.05) is 12.4 Å². The lowest BCUT2D eigenvalue weighted by Crippen LogP contribution is -2.42. The number of benzene rings is 1. The van der Waals surface area contributed by atoms with Crippen molar-refractivity contribution in [1.29, 1.82) is 5.26 Å². The lowest BCUT2D eigenvalue weighted by Gasteiger charge is -2.26. The molecular weight excluding hydrogens is 280 g/mol. The smallest absolute Gasteiger partial charge is 0.256 e. The van der Waals surface area contributed by atoms with E-state index in [1.165, 1.54) is 0 Å². The number of nitrogens with one attached hydrogen (secondary N) is 1. The highest BCUT2D eigenvalue weighted by Crippen LogP contribution is 2.34. The minimum Gasteiger partial charge on any atom is -0.491 e. The maximum atomic E-state index is 12.5. The molecule has 0 spiro atoms. The molecule has 0 saturated heterocycles. The summed E-state index contributed by atoms with van der Waals surface area (Å²) in [6.45, 7) is 3.84. The summed E-state index contributed by atoms with van der Waals surface area (Å²) in [6.07, 6.45) is 3.42. The molecule has 0 unspecified atom stereocenters. The van der Waals surface area contributed by atoms with E-state index >= 15 is 0 Å². The number of methoxy groups -OCH3 is 1. The number of anilines is 1. The lowest BCUT2D eigenvalue weighted by molar-refractivity contribution is -0.137. The molecule has 1 N–H and O–H groups in total. The first kappa shape index (κ1) is 16.3. The van der Waals surface area contributed by atoms with Gasteiger partial charge in [-0.1, -0.05) is 0 Å². The molecular formula is C17H22N2O3. The van der Waals surface area contributed by atoms with Gasteiger partial charge in [0.25, 0.3) is 5.91 Å². The van der Waals surface area contributed by atoms with E-state index < -0.39 is 5.60 Å². The molecule has 0 heterocycles. The van der Waals surface area contributed by atoms with E-state index in [0.29, 0.717) is 29.8 Å². The van der Waals surface area contributed by atoms with Crippen LogP contribution in [0.5, 0.6) is 5.75 Å². The van der Waals surface area contributed by atoms with Gasteiger partial charge in [-0.2, -0.15) is 5.26 Å². The Morgan fingerprint density at radius 3 is 2.59 bits per heavy atom. The van der Waals surface area contributed by atoms with Crippen molar-refractivity contribution in [3.05, 3.63) is 23.8 Å². The Bertz CT molecular complexity index is 584. The number of ether oxygens (including phenoxy) is 2.